The van der Waals surface area contributed by atoms with Crippen molar-refractivity contribution in [3.05, 3.63) is 22.8 Å². The highest BCUT2D eigenvalue weighted by Gasteiger charge is 2.23. The van der Waals surface area contributed by atoms with Gasteiger partial charge in [-0.25, -0.2) is 9.78 Å². The molecular formula is C14H18ClNO3. The van der Waals surface area contributed by atoms with E-state index in [0.29, 0.717) is 11.8 Å². The fourth-order valence-corrected chi connectivity index (χ4v) is 2.72. The summed E-state index contributed by atoms with van der Waals surface area (Å²) in [6.07, 6.45) is 7.04. The van der Waals surface area contributed by atoms with Gasteiger partial charge in [-0.3, -0.25) is 0 Å². The third kappa shape index (κ3) is 3.60. The number of hydrogen-bond donors (Lipinski definition) is 1. The summed E-state index contributed by atoms with van der Waals surface area (Å²) in [5, 5.41) is 9.11. The molecule has 1 aromatic heterocycles. The molecule has 0 bridgehead atoms. The van der Waals surface area contributed by atoms with Crippen molar-refractivity contribution in [1.82, 2.24) is 4.98 Å². The van der Waals surface area contributed by atoms with Gasteiger partial charge in [-0.05, 0) is 31.2 Å². The van der Waals surface area contributed by atoms with Gasteiger partial charge in [0.15, 0.2) is 0 Å². The van der Waals surface area contributed by atoms with Crippen molar-refractivity contribution < 1.29 is 14.6 Å². The van der Waals surface area contributed by atoms with Gasteiger partial charge in [0, 0.05) is 6.20 Å². The van der Waals surface area contributed by atoms with Crippen LogP contribution in [0.5, 0.6) is 5.88 Å². The number of carboxylic acid groups (broad SMARTS) is 1. The average molecular weight is 284 g/mol. The Labute approximate surface area is 117 Å². The Bertz CT molecular complexity index is 464. The molecule has 0 radical (unpaired) electrons. The van der Waals surface area contributed by atoms with E-state index >= 15 is 0 Å². The largest absolute Gasteiger partial charge is 0.478 e. The molecule has 2 unspecified atom stereocenters. The summed E-state index contributed by atoms with van der Waals surface area (Å²) >= 11 is 6.01. The van der Waals surface area contributed by atoms with E-state index in [-0.39, 0.29) is 16.7 Å². The quantitative estimate of drug-likeness (QED) is 0.913. The first-order chi connectivity index (χ1) is 9.10. The van der Waals surface area contributed by atoms with E-state index < -0.39 is 5.97 Å². The molecule has 1 heterocycles. The van der Waals surface area contributed by atoms with Crippen LogP contribution < -0.4 is 4.74 Å². The highest BCUT2D eigenvalue weighted by molar-refractivity contribution is 6.32. The number of nitrogens with zero attached hydrogens (tertiary/aromatic N) is 1. The van der Waals surface area contributed by atoms with Gasteiger partial charge in [-0.15, -0.1) is 0 Å². The second kappa shape index (κ2) is 6.24. The normalized spacial score (nSPS) is 23.1. The molecule has 19 heavy (non-hydrogen) atoms. The van der Waals surface area contributed by atoms with Crippen molar-refractivity contribution in [3.63, 3.8) is 0 Å². The molecular weight excluding hydrogens is 266 g/mol. The van der Waals surface area contributed by atoms with Gasteiger partial charge in [0.25, 0.3) is 0 Å². The first kappa shape index (κ1) is 14.1. The fourth-order valence-electron chi connectivity index (χ4n) is 2.51. The lowest BCUT2D eigenvalue weighted by molar-refractivity contribution is 0.0696. The molecule has 0 aliphatic heterocycles. The minimum atomic E-state index is -1.04. The van der Waals surface area contributed by atoms with Crippen LogP contribution in [-0.4, -0.2) is 22.2 Å². The Morgan fingerprint density at radius 1 is 1.58 bits per heavy atom. The summed E-state index contributed by atoms with van der Waals surface area (Å²) in [5.41, 5.74) is 0.0763. The first-order valence-electron chi connectivity index (χ1n) is 6.65. The van der Waals surface area contributed by atoms with Gasteiger partial charge in [0.2, 0.25) is 5.88 Å². The van der Waals surface area contributed by atoms with E-state index in [1.54, 1.807) is 0 Å². The minimum Gasteiger partial charge on any atom is -0.478 e. The van der Waals surface area contributed by atoms with E-state index in [4.69, 9.17) is 21.4 Å². The van der Waals surface area contributed by atoms with Crippen molar-refractivity contribution in [2.24, 2.45) is 5.92 Å². The Hall–Kier alpha value is -1.29. The van der Waals surface area contributed by atoms with Crippen LogP contribution >= 0.6 is 11.6 Å². The molecule has 0 amide bonds. The van der Waals surface area contributed by atoms with Gasteiger partial charge < -0.3 is 9.84 Å². The van der Waals surface area contributed by atoms with Crippen LogP contribution in [0.1, 0.15) is 49.4 Å². The van der Waals surface area contributed by atoms with Gasteiger partial charge in [0.1, 0.15) is 11.1 Å². The first-order valence-corrected chi connectivity index (χ1v) is 7.03. The number of hydrogen-bond acceptors (Lipinski definition) is 3. The predicted octanol–water partition coefficient (Wildman–Crippen LogP) is 3.78. The topological polar surface area (TPSA) is 59.4 Å². The molecule has 1 aromatic rings. The second-order valence-corrected chi connectivity index (χ2v) is 5.40. The molecule has 104 valence electrons. The molecule has 0 spiro atoms. The Balaban J connectivity index is 2.04. The van der Waals surface area contributed by atoms with Crippen LogP contribution in [0.25, 0.3) is 0 Å². The molecule has 1 fully saturated rings. The average Bonchev–Trinajstić information content (AvgIpc) is 2.41. The summed E-state index contributed by atoms with van der Waals surface area (Å²) < 4.78 is 5.82. The smallest absolute Gasteiger partial charge is 0.337 e. The number of pyridine rings is 1. The third-order valence-corrected chi connectivity index (χ3v) is 3.92. The van der Waals surface area contributed by atoms with Crippen LogP contribution in [0.15, 0.2) is 12.3 Å². The molecule has 1 aliphatic carbocycles. The van der Waals surface area contributed by atoms with E-state index in [1.807, 2.05) is 0 Å². The molecule has 1 saturated carbocycles. The zero-order valence-electron chi connectivity index (χ0n) is 10.9. The monoisotopic (exact) mass is 283 g/mol. The molecule has 5 heteroatoms. The molecule has 1 aliphatic rings. The maximum Gasteiger partial charge on any atom is 0.337 e. The van der Waals surface area contributed by atoms with E-state index in [1.165, 1.54) is 25.1 Å². The predicted molar refractivity (Wildman–Crippen MR) is 72.9 cm³/mol. The van der Waals surface area contributed by atoms with Crippen molar-refractivity contribution in [2.45, 2.75) is 45.1 Å². The molecule has 0 aromatic carbocycles. The molecule has 0 saturated heterocycles. The SMILES string of the molecule is CCC1CCCC(Oc2ncc(C(=O)O)cc2Cl)C1. The fraction of sp³-hybridized carbons (Fsp3) is 0.571. The summed E-state index contributed by atoms with van der Waals surface area (Å²) in [6, 6.07) is 1.38. The lowest BCUT2D eigenvalue weighted by Crippen LogP contribution is -2.25. The van der Waals surface area contributed by atoms with E-state index in [0.717, 1.165) is 19.3 Å². The third-order valence-electron chi connectivity index (χ3n) is 3.64. The molecule has 4 nitrogen and oxygen atoms in total. The molecule has 1 N–H and O–H groups in total. The summed E-state index contributed by atoms with van der Waals surface area (Å²) in [4.78, 5) is 14.8. The molecule has 2 rings (SSSR count). The van der Waals surface area contributed by atoms with Crippen LogP contribution in [-0.2, 0) is 0 Å². The number of aromatic nitrogens is 1. The van der Waals surface area contributed by atoms with Crippen molar-refractivity contribution in [1.29, 1.82) is 0 Å². The number of carboxylic acids is 1. The number of rotatable bonds is 4. The zero-order valence-corrected chi connectivity index (χ0v) is 11.7. The Morgan fingerprint density at radius 2 is 2.37 bits per heavy atom. The van der Waals surface area contributed by atoms with Gasteiger partial charge >= 0.3 is 5.97 Å². The van der Waals surface area contributed by atoms with Crippen LogP contribution in [0, 0.1) is 5.92 Å². The van der Waals surface area contributed by atoms with Gasteiger partial charge in [-0.2, -0.15) is 0 Å². The minimum absolute atomic E-state index is 0.0763. The van der Waals surface area contributed by atoms with Crippen molar-refractivity contribution in [2.75, 3.05) is 0 Å². The van der Waals surface area contributed by atoms with Gasteiger partial charge in [0.05, 0.1) is 5.56 Å². The van der Waals surface area contributed by atoms with Crippen molar-refractivity contribution >= 4 is 17.6 Å². The number of ether oxygens (including phenoxy) is 1. The van der Waals surface area contributed by atoms with E-state index in [9.17, 15) is 4.79 Å². The van der Waals surface area contributed by atoms with E-state index in [2.05, 4.69) is 11.9 Å². The zero-order chi connectivity index (χ0) is 13.8. The number of aromatic carboxylic acids is 1. The Morgan fingerprint density at radius 3 is 3.00 bits per heavy atom. The maximum absolute atomic E-state index is 10.8. The van der Waals surface area contributed by atoms with Crippen LogP contribution in [0.2, 0.25) is 5.02 Å². The second-order valence-electron chi connectivity index (χ2n) is 5.00. The lowest BCUT2D eigenvalue weighted by Gasteiger charge is -2.28. The standard InChI is InChI=1S/C14H18ClNO3/c1-2-9-4-3-5-11(6-9)19-13-12(15)7-10(8-16-13)14(17)18/h7-9,11H,2-6H2,1H3,(H,17,18). The summed E-state index contributed by atoms with van der Waals surface area (Å²) in [7, 11) is 0. The number of halogens is 1. The lowest BCUT2D eigenvalue weighted by atomic mass is 9.85. The Kier molecular flexibility index (Phi) is 4.64. The van der Waals surface area contributed by atoms with Gasteiger partial charge in [-0.1, -0.05) is 31.4 Å². The molecule has 2 atom stereocenters. The van der Waals surface area contributed by atoms with Crippen LogP contribution in [0.3, 0.4) is 0 Å². The summed E-state index contributed by atoms with van der Waals surface area (Å²) in [6.45, 7) is 2.19. The highest BCUT2D eigenvalue weighted by atomic mass is 35.5. The van der Waals surface area contributed by atoms with Crippen LogP contribution in [0.4, 0.5) is 0 Å². The maximum atomic E-state index is 10.8. The number of carbonyl (C=O) groups is 1. The van der Waals surface area contributed by atoms with Crippen molar-refractivity contribution in [3.8, 4) is 5.88 Å². The highest BCUT2D eigenvalue weighted by Crippen LogP contribution is 2.31. The summed E-state index contributed by atoms with van der Waals surface area (Å²) in [5.74, 6) is 0.00824.